The summed E-state index contributed by atoms with van der Waals surface area (Å²) < 4.78 is 0. The second-order valence-corrected chi connectivity index (χ2v) is 4.71. The van der Waals surface area contributed by atoms with Crippen LogP contribution in [0.1, 0.15) is 22.7 Å². The highest BCUT2D eigenvalue weighted by Gasteiger charge is 2.28. The van der Waals surface area contributed by atoms with Gasteiger partial charge in [-0.3, -0.25) is 4.90 Å². The number of nitrogens with zero attached hydrogens (tertiary/aromatic N) is 1. The molecular weight excluding hydrogens is 184 g/mol. The number of hydrogen-bond donors (Lipinski definition) is 1. The highest BCUT2D eigenvalue weighted by atomic mass is 15.2. The first-order valence-electron chi connectivity index (χ1n) is 5.89. The van der Waals surface area contributed by atoms with Crippen LogP contribution >= 0.6 is 0 Å². The summed E-state index contributed by atoms with van der Waals surface area (Å²) in [5, 5.41) is 3.50. The first kappa shape index (κ1) is 9.37. The van der Waals surface area contributed by atoms with E-state index >= 15 is 0 Å². The molecule has 0 saturated carbocycles. The number of fused-ring (bicyclic) bond motifs is 3. The van der Waals surface area contributed by atoms with Crippen molar-refractivity contribution < 1.29 is 0 Å². The van der Waals surface area contributed by atoms with Crippen LogP contribution in [0.5, 0.6) is 0 Å². The molecule has 0 radical (unpaired) electrons. The quantitative estimate of drug-likeness (QED) is 0.686. The van der Waals surface area contributed by atoms with Crippen LogP contribution in [0.4, 0.5) is 0 Å². The Hall–Kier alpha value is -0.860. The van der Waals surface area contributed by atoms with Crippen LogP contribution in [-0.2, 0) is 6.42 Å². The Balaban J connectivity index is 1.99. The first-order chi connectivity index (χ1) is 7.34. The zero-order valence-corrected chi connectivity index (χ0v) is 9.29. The molecule has 0 bridgehead atoms. The van der Waals surface area contributed by atoms with Crippen molar-refractivity contribution in [3.8, 4) is 0 Å². The minimum atomic E-state index is 0.628. The van der Waals surface area contributed by atoms with Crippen molar-refractivity contribution in [1.29, 1.82) is 0 Å². The molecular formula is C13H18N2. The zero-order chi connectivity index (χ0) is 10.3. The van der Waals surface area contributed by atoms with E-state index in [0.717, 1.165) is 13.1 Å². The van der Waals surface area contributed by atoms with Crippen LogP contribution < -0.4 is 5.32 Å². The third kappa shape index (κ3) is 1.58. The molecule has 2 heterocycles. The highest BCUT2D eigenvalue weighted by molar-refractivity contribution is 5.36. The van der Waals surface area contributed by atoms with Gasteiger partial charge in [-0.1, -0.05) is 23.8 Å². The fraction of sp³-hybridized carbons (Fsp3) is 0.538. The highest BCUT2D eigenvalue weighted by Crippen LogP contribution is 2.30. The molecule has 1 fully saturated rings. The van der Waals surface area contributed by atoms with E-state index < -0.39 is 0 Å². The van der Waals surface area contributed by atoms with Crippen molar-refractivity contribution in [3.05, 3.63) is 34.9 Å². The van der Waals surface area contributed by atoms with E-state index in [2.05, 4.69) is 35.3 Å². The van der Waals surface area contributed by atoms with Gasteiger partial charge in [0.1, 0.15) is 0 Å². The molecule has 1 aromatic carbocycles. The third-order valence-electron chi connectivity index (χ3n) is 3.68. The third-order valence-corrected chi connectivity index (χ3v) is 3.68. The fourth-order valence-electron chi connectivity index (χ4n) is 2.86. The molecule has 2 aliphatic rings. The summed E-state index contributed by atoms with van der Waals surface area (Å²) in [6.07, 6.45) is 1.23. The van der Waals surface area contributed by atoms with Gasteiger partial charge in [0.25, 0.3) is 0 Å². The van der Waals surface area contributed by atoms with Gasteiger partial charge in [-0.25, -0.2) is 0 Å². The van der Waals surface area contributed by atoms with E-state index in [1.54, 1.807) is 11.1 Å². The average Bonchev–Trinajstić information content (AvgIpc) is 2.28. The predicted octanol–water partition coefficient (Wildman–Crippen LogP) is 1.50. The number of benzene rings is 1. The molecule has 0 spiro atoms. The van der Waals surface area contributed by atoms with Gasteiger partial charge in [0.15, 0.2) is 0 Å². The van der Waals surface area contributed by atoms with E-state index in [1.807, 2.05) is 0 Å². The molecule has 1 unspecified atom stereocenters. The summed E-state index contributed by atoms with van der Waals surface area (Å²) in [6, 6.07) is 7.57. The van der Waals surface area contributed by atoms with Gasteiger partial charge in [-0.15, -0.1) is 0 Å². The van der Waals surface area contributed by atoms with Gasteiger partial charge >= 0.3 is 0 Å². The lowest BCUT2D eigenvalue weighted by atomic mass is 9.90. The summed E-state index contributed by atoms with van der Waals surface area (Å²) in [5.74, 6) is 0. The standard InChI is InChI=1S/C13H18N2/c1-10-2-3-12-11(8-10)4-6-15-7-5-14-9-13(12)15/h2-3,8,13-14H,4-7,9H2,1H3. The van der Waals surface area contributed by atoms with E-state index in [0.29, 0.717) is 6.04 Å². The lowest BCUT2D eigenvalue weighted by Crippen LogP contribution is -2.48. The Morgan fingerprint density at radius 3 is 3.20 bits per heavy atom. The normalized spacial score (nSPS) is 25.8. The average molecular weight is 202 g/mol. The summed E-state index contributed by atoms with van der Waals surface area (Å²) in [4.78, 5) is 2.62. The molecule has 1 saturated heterocycles. The number of hydrogen-bond acceptors (Lipinski definition) is 2. The van der Waals surface area contributed by atoms with Crippen LogP contribution in [0.25, 0.3) is 0 Å². The fourth-order valence-corrected chi connectivity index (χ4v) is 2.86. The predicted molar refractivity (Wildman–Crippen MR) is 62.1 cm³/mol. The van der Waals surface area contributed by atoms with Gasteiger partial charge in [-0.05, 0) is 24.5 Å². The Bertz CT molecular complexity index is 373. The molecule has 15 heavy (non-hydrogen) atoms. The number of aryl methyl sites for hydroxylation is 1. The van der Waals surface area contributed by atoms with Gasteiger partial charge in [0.2, 0.25) is 0 Å². The minimum absolute atomic E-state index is 0.628. The van der Waals surface area contributed by atoms with E-state index in [-0.39, 0.29) is 0 Å². The van der Waals surface area contributed by atoms with Gasteiger partial charge in [0.05, 0.1) is 0 Å². The van der Waals surface area contributed by atoms with Crippen LogP contribution in [0.3, 0.4) is 0 Å². The Kier molecular flexibility index (Phi) is 2.26. The lowest BCUT2D eigenvalue weighted by molar-refractivity contribution is 0.152. The van der Waals surface area contributed by atoms with Crippen molar-refractivity contribution in [2.45, 2.75) is 19.4 Å². The van der Waals surface area contributed by atoms with Crippen molar-refractivity contribution in [3.63, 3.8) is 0 Å². The molecule has 0 aliphatic carbocycles. The van der Waals surface area contributed by atoms with Gasteiger partial charge in [-0.2, -0.15) is 0 Å². The molecule has 1 aromatic rings. The van der Waals surface area contributed by atoms with E-state index in [9.17, 15) is 0 Å². The van der Waals surface area contributed by atoms with E-state index in [4.69, 9.17) is 0 Å². The minimum Gasteiger partial charge on any atom is -0.314 e. The molecule has 0 aromatic heterocycles. The van der Waals surface area contributed by atoms with Crippen molar-refractivity contribution in [2.75, 3.05) is 26.2 Å². The first-order valence-corrected chi connectivity index (χ1v) is 5.89. The Labute approximate surface area is 91.3 Å². The summed E-state index contributed by atoms with van der Waals surface area (Å²) in [6.45, 7) is 6.90. The molecule has 1 atom stereocenters. The maximum Gasteiger partial charge on any atom is 0.0476 e. The number of nitrogens with one attached hydrogen (secondary N) is 1. The van der Waals surface area contributed by atoms with Crippen LogP contribution in [0, 0.1) is 6.92 Å². The van der Waals surface area contributed by atoms with Crippen molar-refractivity contribution >= 4 is 0 Å². The maximum atomic E-state index is 3.50. The zero-order valence-electron chi connectivity index (χ0n) is 9.29. The largest absolute Gasteiger partial charge is 0.314 e. The van der Waals surface area contributed by atoms with Crippen molar-refractivity contribution in [2.24, 2.45) is 0 Å². The second-order valence-electron chi connectivity index (χ2n) is 4.71. The number of rotatable bonds is 0. The summed E-state index contributed by atoms with van der Waals surface area (Å²) >= 11 is 0. The maximum absolute atomic E-state index is 3.50. The summed E-state index contributed by atoms with van der Waals surface area (Å²) in [7, 11) is 0. The topological polar surface area (TPSA) is 15.3 Å². The summed E-state index contributed by atoms with van der Waals surface area (Å²) in [5.41, 5.74) is 4.52. The Morgan fingerprint density at radius 2 is 2.27 bits per heavy atom. The smallest absolute Gasteiger partial charge is 0.0476 e. The van der Waals surface area contributed by atoms with Crippen LogP contribution in [0.15, 0.2) is 18.2 Å². The molecule has 1 N–H and O–H groups in total. The molecule has 80 valence electrons. The molecule has 0 amide bonds. The lowest BCUT2D eigenvalue weighted by Gasteiger charge is -2.41. The van der Waals surface area contributed by atoms with Crippen LogP contribution in [0.2, 0.25) is 0 Å². The van der Waals surface area contributed by atoms with Gasteiger partial charge < -0.3 is 5.32 Å². The van der Waals surface area contributed by atoms with Crippen LogP contribution in [-0.4, -0.2) is 31.1 Å². The molecule has 2 aliphatic heterocycles. The molecule has 2 heteroatoms. The molecule has 3 rings (SSSR count). The number of piperazine rings is 1. The Morgan fingerprint density at radius 1 is 1.33 bits per heavy atom. The molecule has 2 nitrogen and oxygen atoms in total. The van der Waals surface area contributed by atoms with Gasteiger partial charge in [0, 0.05) is 32.2 Å². The second kappa shape index (κ2) is 3.62. The van der Waals surface area contributed by atoms with E-state index in [1.165, 1.54) is 25.1 Å². The SMILES string of the molecule is Cc1ccc2c(c1)CCN1CCNCC21. The van der Waals surface area contributed by atoms with Crippen molar-refractivity contribution in [1.82, 2.24) is 10.2 Å². The monoisotopic (exact) mass is 202 g/mol.